The summed E-state index contributed by atoms with van der Waals surface area (Å²) in [6.07, 6.45) is -2.31. The Balaban J connectivity index is 2.76. The highest BCUT2D eigenvalue weighted by molar-refractivity contribution is 6.32. The van der Waals surface area contributed by atoms with Crippen molar-refractivity contribution >= 4 is 29.4 Å². The Morgan fingerprint density at radius 2 is 2.14 bits per heavy atom. The van der Waals surface area contributed by atoms with Crippen molar-refractivity contribution in [1.82, 2.24) is 0 Å². The minimum atomic E-state index is -1.40. The van der Waals surface area contributed by atoms with Gasteiger partial charge < -0.3 is 14.6 Å². The molecule has 0 aliphatic rings. The number of carboxylic acid groups (broad SMARTS) is 1. The average Bonchev–Trinajstić information content (AvgIpc) is 2.39. The molecule has 0 fully saturated rings. The number of anilines is 1. The molecule has 1 rings (SSSR count). The van der Waals surface area contributed by atoms with Gasteiger partial charge in [0.2, 0.25) is 6.10 Å². The van der Waals surface area contributed by atoms with Crippen LogP contribution in [-0.4, -0.2) is 29.9 Å². The number of carboxylic acids is 1. The SMILES string of the molecule is C=C(C)C(OC(=O)Nc1ccc(Cl)c(OCC)c1)C(=O)O. The summed E-state index contributed by atoms with van der Waals surface area (Å²) in [4.78, 5) is 22.6. The maximum Gasteiger partial charge on any atom is 0.412 e. The molecule has 0 saturated carbocycles. The van der Waals surface area contributed by atoms with Crippen molar-refractivity contribution < 1.29 is 24.2 Å². The summed E-state index contributed by atoms with van der Waals surface area (Å²) in [5, 5.41) is 11.7. The molecule has 7 heteroatoms. The van der Waals surface area contributed by atoms with Gasteiger partial charge in [-0.25, -0.2) is 9.59 Å². The topological polar surface area (TPSA) is 84.9 Å². The number of benzene rings is 1. The summed E-state index contributed by atoms with van der Waals surface area (Å²) in [7, 11) is 0. The van der Waals surface area contributed by atoms with E-state index in [1.807, 2.05) is 0 Å². The van der Waals surface area contributed by atoms with Gasteiger partial charge in [0.1, 0.15) is 5.75 Å². The molecule has 0 spiro atoms. The lowest BCUT2D eigenvalue weighted by molar-refractivity contribution is -0.144. The Morgan fingerprint density at radius 3 is 2.67 bits per heavy atom. The molecule has 0 radical (unpaired) electrons. The molecular formula is C14H16ClNO5. The lowest BCUT2D eigenvalue weighted by Gasteiger charge is -2.14. The standard InChI is InChI=1S/C14H16ClNO5/c1-4-20-11-7-9(5-6-10(11)15)16-14(19)21-12(8(2)3)13(17)18/h5-7,12H,2,4H2,1,3H3,(H,16,19)(H,17,18). The van der Waals surface area contributed by atoms with Crippen LogP contribution in [0.5, 0.6) is 5.75 Å². The Bertz CT molecular complexity index is 544. The zero-order valence-electron chi connectivity index (χ0n) is 11.7. The molecule has 0 saturated heterocycles. The Hall–Kier alpha value is -2.21. The Morgan fingerprint density at radius 1 is 1.48 bits per heavy atom. The van der Waals surface area contributed by atoms with Crippen LogP contribution >= 0.6 is 11.6 Å². The molecule has 0 aliphatic heterocycles. The van der Waals surface area contributed by atoms with Gasteiger partial charge >= 0.3 is 12.1 Å². The third-order valence-corrected chi connectivity index (χ3v) is 2.69. The largest absolute Gasteiger partial charge is 0.492 e. The van der Waals surface area contributed by atoms with Crippen LogP contribution in [-0.2, 0) is 9.53 Å². The summed E-state index contributed by atoms with van der Waals surface area (Å²) in [6.45, 7) is 7.15. The van der Waals surface area contributed by atoms with Crippen LogP contribution in [0.2, 0.25) is 5.02 Å². The first-order valence-electron chi connectivity index (χ1n) is 6.13. The van der Waals surface area contributed by atoms with Gasteiger partial charge in [-0.3, -0.25) is 5.32 Å². The van der Waals surface area contributed by atoms with E-state index in [9.17, 15) is 9.59 Å². The highest BCUT2D eigenvalue weighted by Gasteiger charge is 2.23. The van der Waals surface area contributed by atoms with Crippen molar-refractivity contribution in [2.75, 3.05) is 11.9 Å². The third kappa shape index (κ3) is 5.00. The number of aliphatic carboxylic acids is 1. The van der Waals surface area contributed by atoms with Crippen molar-refractivity contribution in [1.29, 1.82) is 0 Å². The molecule has 21 heavy (non-hydrogen) atoms. The van der Waals surface area contributed by atoms with Gasteiger partial charge in [-0.2, -0.15) is 0 Å². The Labute approximate surface area is 127 Å². The van der Waals surface area contributed by atoms with Crippen molar-refractivity contribution in [3.63, 3.8) is 0 Å². The summed E-state index contributed by atoms with van der Waals surface area (Å²) < 4.78 is 10.1. The number of rotatable bonds is 6. The first-order valence-corrected chi connectivity index (χ1v) is 6.51. The molecule has 1 amide bonds. The van der Waals surface area contributed by atoms with Crippen LogP contribution in [0, 0.1) is 0 Å². The summed E-state index contributed by atoms with van der Waals surface area (Å²) in [5.41, 5.74) is 0.586. The quantitative estimate of drug-likeness (QED) is 0.787. The van der Waals surface area contributed by atoms with Crippen LogP contribution in [0.3, 0.4) is 0 Å². The van der Waals surface area contributed by atoms with E-state index in [0.29, 0.717) is 23.1 Å². The van der Waals surface area contributed by atoms with Gasteiger partial charge in [0.15, 0.2) is 0 Å². The Kier molecular flexibility index (Phi) is 6.05. The van der Waals surface area contributed by atoms with Gasteiger partial charge in [0, 0.05) is 11.8 Å². The monoisotopic (exact) mass is 313 g/mol. The molecule has 1 unspecified atom stereocenters. The molecule has 1 aromatic rings. The summed E-state index contributed by atoms with van der Waals surface area (Å²) >= 11 is 5.92. The van der Waals surface area contributed by atoms with Crippen molar-refractivity contribution in [3.8, 4) is 5.75 Å². The molecule has 6 nitrogen and oxygen atoms in total. The van der Waals surface area contributed by atoms with Crippen LogP contribution in [0.4, 0.5) is 10.5 Å². The second kappa shape index (κ2) is 7.54. The average molecular weight is 314 g/mol. The highest BCUT2D eigenvalue weighted by atomic mass is 35.5. The van der Waals surface area contributed by atoms with Crippen LogP contribution in [0.1, 0.15) is 13.8 Å². The van der Waals surface area contributed by atoms with E-state index in [0.717, 1.165) is 0 Å². The summed E-state index contributed by atoms with van der Waals surface area (Å²) in [5.74, 6) is -0.879. The first kappa shape index (κ1) is 16.8. The smallest absolute Gasteiger partial charge is 0.412 e. The lowest BCUT2D eigenvalue weighted by Crippen LogP contribution is -2.30. The fraction of sp³-hybridized carbons (Fsp3) is 0.286. The zero-order chi connectivity index (χ0) is 16.0. The van der Waals surface area contributed by atoms with Crippen molar-refractivity contribution in [2.24, 2.45) is 0 Å². The molecular weight excluding hydrogens is 298 g/mol. The third-order valence-electron chi connectivity index (χ3n) is 2.37. The van der Waals surface area contributed by atoms with Crippen molar-refractivity contribution in [3.05, 3.63) is 35.4 Å². The van der Waals surface area contributed by atoms with Crippen LogP contribution in [0.25, 0.3) is 0 Å². The molecule has 0 aliphatic carbocycles. The second-order valence-corrected chi connectivity index (χ2v) is 4.58. The lowest BCUT2D eigenvalue weighted by atomic mass is 10.2. The summed E-state index contributed by atoms with van der Waals surface area (Å²) in [6, 6.07) is 4.61. The van der Waals surface area contributed by atoms with E-state index in [4.69, 9.17) is 26.2 Å². The molecule has 0 heterocycles. The molecule has 1 atom stereocenters. The predicted octanol–water partition coefficient (Wildman–Crippen LogP) is 3.32. The number of carbonyl (C=O) groups excluding carboxylic acids is 1. The van der Waals surface area contributed by atoms with E-state index in [1.54, 1.807) is 19.1 Å². The van der Waals surface area contributed by atoms with E-state index in [1.165, 1.54) is 13.0 Å². The van der Waals surface area contributed by atoms with E-state index in [2.05, 4.69) is 11.9 Å². The minimum Gasteiger partial charge on any atom is -0.492 e. The van der Waals surface area contributed by atoms with Crippen LogP contribution in [0.15, 0.2) is 30.4 Å². The second-order valence-electron chi connectivity index (χ2n) is 4.17. The van der Waals surface area contributed by atoms with Gasteiger partial charge in [-0.15, -0.1) is 0 Å². The number of amides is 1. The van der Waals surface area contributed by atoms with Gasteiger partial charge in [0.05, 0.1) is 11.6 Å². The fourth-order valence-corrected chi connectivity index (χ4v) is 1.64. The number of halogens is 1. The number of hydrogen-bond acceptors (Lipinski definition) is 4. The molecule has 0 aromatic heterocycles. The van der Waals surface area contributed by atoms with Crippen LogP contribution < -0.4 is 10.1 Å². The number of hydrogen-bond donors (Lipinski definition) is 2. The minimum absolute atomic E-state index is 0.212. The number of carbonyl (C=O) groups is 2. The van der Waals surface area contributed by atoms with Gasteiger partial charge in [0.25, 0.3) is 0 Å². The molecule has 1 aromatic carbocycles. The van der Waals surface area contributed by atoms with E-state index < -0.39 is 18.2 Å². The highest BCUT2D eigenvalue weighted by Crippen LogP contribution is 2.28. The maximum atomic E-state index is 11.7. The number of nitrogens with one attached hydrogen (secondary N) is 1. The normalized spacial score (nSPS) is 11.4. The predicted molar refractivity (Wildman–Crippen MR) is 79.0 cm³/mol. The zero-order valence-corrected chi connectivity index (χ0v) is 12.4. The fourth-order valence-electron chi connectivity index (χ4n) is 1.46. The van der Waals surface area contributed by atoms with Gasteiger partial charge in [-0.1, -0.05) is 18.2 Å². The van der Waals surface area contributed by atoms with Gasteiger partial charge in [-0.05, 0) is 31.6 Å². The molecule has 0 bridgehead atoms. The van der Waals surface area contributed by atoms with E-state index >= 15 is 0 Å². The maximum absolute atomic E-state index is 11.7. The molecule has 114 valence electrons. The first-order chi connectivity index (χ1) is 9.85. The van der Waals surface area contributed by atoms with Crippen molar-refractivity contribution in [2.45, 2.75) is 20.0 Å². The number of ether oxygens (including phenoxy) is 2. The van der Waals surface area contributed by atoms with E-state index in [-0.39, 0.29) is 5.57 Å². The molecule has 2 N–H and O–H groups in total.